The average molecular weight is 312 g/mol. The van der Waals surface area contributed by atoms with Crippen molar-refractivity contribution in [2.24, 2.45) is 11.3 Å². The number of hydrogen-bond donors (Lipinski definition) is 0. The first-order valence-electron chi connectivity index (χ1n) is 8.39. The van der Waals surface area contributed by atoms with Gasteiger partial charge in [0.25, 0.3) is 0 Å². The summed E-state index contributed by atoms with van der Waals surface area (Å²) >= 11 is 0. The van der Waals surface area contributed by atoms with Crippen molar-refractivity contribution in [3.05, 3.63) is 42.3 Å². The lowest BCUT2D eigenvalue weighted by atomic mass is 9.57. The predicted molar refractivity (Wildman–Crippen MR) is 88.8 cm³/mol. The quantitative estimate of drug-likeness (QED) is 0.865. The summed E-state index contributed by atoms with van der Waals surface area (Å²) in [7, 11) is 2.19. The lowest BCUT2D eigenvalue weighted by Crippen LogP contribution is -2.65. The van der Waals surface area contributed by atoms with E-state index in [9.17, 15) is 0 Å². The molecule has 4 heteroatoms. The molecule has 0 amide bonds. The fraction of sp³-hybridized carbons (Fsp3) is 0.526. The lowest BCUT2D eigenvalue weighted by molar-refractivity contribution is -0.151. The molecule has 2 aromatic rings. The van der Waals surface area contributed by atoms with Crippen LogP contribution >= 0.6 is 0 Å². The SMILES string of the molecule is CN(Cc1coc(-c2ccccc2)n1)[C@@H]1[C@H]2CCO[C@@H]2C1(C)C. The largest absolute Gasteiger partial charge is 0.444 e. The van der Waals surface area contributed by atoms with E-state index >= 15 is 0 Å². The minimum atomic E-state index is 0.210. The molecule has 3 atom stereocenters. The van der Waals surface area contributed by atoms with Gasteiger partial charge >= 0.3 is 0 Å². The molecule has 1 saturated heterocycles. The van der Waals surface area contributed by atoms with Crippen LogP contribution in [0.1, 0.15) is 26.0 Å². The summed E-state index contributed by atoms with van der Waals surface area (Å²) < 4.78 is 11.6. The standard InChI is InChI=1S/C19H24N2O2/c1-19(2)16(15-9-10-22-17(15)19)21(3)11-14-12-23-18(20-14)13-7-5-4-6-8-13/h4-8,12,15-17H,9-11H2,1-3H3/t15-,16-,17+/m1/s1. The molecule has 1 aromatic heterocycles. The Labute approximate surface area is 137 Å². The molecule has 1 aliphatic heterocycles. The van der Waals surface area contributed by atoms with E-state index in [1.54, 1.807) is 6.26 Å². The van der Waals surface area contributed by atoms with Gasteiger partial charge in [0, 0.05) is 36.1 Å². The zero-order valence-electron chi connectivity index (χ0n) is 14.0. The molecule has 0 unspecified atom stereocenters. The van der Waals surface area contributed by atoms with Gasteiger partial charge in [0.1, 0.15) is 6.26 Å². The van der Waals surface area contributed by atoms with E-state index in [1.165, 1.54) is 6.42 Å². The van der Waals surface area contributed by atoms with Crippen LogP contribution in [-0.2, 0) is 11.3 Å². The van der Waals surface area contributed by atoms with E-state index in [0.29, 0.717) is 24.0 Å². The van der Waals surface area contributed by atoms with Crippen LogP contribution in [0.4, 0.5) is 0 Å². The topological polar surface area (TPSA) is 38.5 Å². The van der Waals surface area contributed by atoms with Crippen molar-refractivity contribution in [1.82, 2.24) is 9.88 Å². The van der Waals surface area contributed by atoms with Gasteiger partial charge in [0.05, 0.1) is 11.8 Å². The van der Waals surface area contributed by atoms with Crippen LogP contribution in [-0.4, -0.2) is 35.7 Å². The number of aromatic nitrogens is 1. The van der Waals surface area contributed by atoms with Crippen molar-refractivity contribution in [1.29, 1.82) is 0 Å². The first-order chi connectivity index (χ1) is 11.1. The second-order valence-electron chi connectivity index (χ2n) is 7.44. The van der Waals surface area contributed by atoms with Crippen molar-refractivity contribution in [3.8, 4) is 11.5 Å². The van der Waals surface area contributed by atoms with Crippen LogP contribution in [0.25, 0.3) is 11.5 Å². The third-order valence-electron chi connectivity index (χ3n) is 5.50. The van der Waals surface area contributed by atoms with Crippen LogP contribution in [0.5, 0.6) is 0 Å². The summed E-state index contributed by atoms with van der Waals surface area (Å²) in [5, 5.41) is 0. The summed E-state index contributed by atoms with van der Waals surface area (Å²) in [5.74, 6) is 1.36. The highest BCUT2D eigenvalue weighted by atomic mass is 16.5. The Balaban J connectivity index is 1.47. The molecular weight excluding hydrogens is 288 g/mol. The third kappa shape index (κ3) is 2.41. The maximum Gasteiger partial charge on any atom is 0.226 e. The van der Waals surface area contributed by atoms with E-state index in [4.69, 9.17) is 9.15 Å². The maximum absolute atomic E-state index is 5.90. The van der Waals surface area contributed by atoms with E-state index in [0.717, 1.165) is 24.4 Å². The average Bonchev–Trinajstić information content (AvgIpc) is 3.16. The van der Waals surface area contributed by atoms with Gasteiger partial charge in [-0.1, -0.05) is 32.0 Å². The molecule has 2 fully saturated rings. The molecule has 0 N–H and O–H groups in total. The normalized spacial score (nSPS) is 28.6. The number of hydrogen-bond acceptors (Lipinski definition) is 4. The molecule has 1 aliphatic carbocycles. The van der Waals surface area contributed by atoms with E-state index in [-0.39, 0.29) is 5.41 Å². The van der Waals surface area contributed by atoms with Crippen molar-refractivity contribution < 1.29 is 9.15 Å². The summed E-state index contributed by atoms with van der Waals surface area (Å²) in [6.07, 6.45) is 3.39. The minimum absolute atomic E-state index is 0.210. The van der Waals surface area contributed by atoms with Gasteiger partial charge in [-0.15, -0.1) is 0 Å². The van der Waals surface area contributed by atoms with Crippen LogP contribution in [0.3, 0.4) is 0 Å². The number of nitrogens with zero attached hydrogens (tertiary/aromatic N) is 2. The Morgan fingerprint density at radius 3 is 2.83 bits per heavy atom. The summed E-state index contributed by atoms with van der Waals surface area (Å²) in [6.45, 7) is 6.36. The highest BCUT2D eigenvalue weighted by Gasteiger charge is 2.60. The van der Waals surface area contributed by atoms with Gasteiger partial charge in [0.2, 0.25) is 5.89 Å². The van der Waals surface area contributed by atoms with Gasteiger partial charge in [0.15, 0.2) is 0 Å². The molecule has 0 spiro atoms. The maximum atomic E-state index is 5.90. The van der Waals surface area contributed by atoms with Crippen molar-refractivity contribution in [2.45, 2.75) is 39.0 Å². The zero-order chi connectivity index (χ0) is 16.0. The van der Waals surface area contributed by atoms with Gasteiger partial charge in [-0.25, -0.2) is 4.98 Å². The van der Waals surface area contributed by atoms with Crippen molar-refractivity contribution in [3.63, 3.8) is 0 Å². The van der Waals surface area contributed by atoms with Crippen LogP contribution < -0.4 is 0 Å². The van der Waals surface area contributed by atoms with Gasteiger partial charge in [-0.2, -0.15) is 0 Å². The van der Waals surface area contributed by atoms with Crippen molar-refractivity contribution >= 4 is 0 Å². The van der Waals surface area contributed by atoms with Gasteiger partial charge < -0.3 is 9.15 Å². The number of oxazole rings is 1. The smallest absolute Gasteiger partial charge is 0.226 e. The van der Waals surface area contributed by atoms with Gasteiger partial charge in [-0.05, 0) is 25.6 Å². The molecule has 1 saturated carbocycles. The van der Waals surface area contributed by atoms with Gasteiger partial charge in [-0.3, -0.25) is 4.90 Å². The monoisotopic (exact) mass is 312 g/mol. The molecule has 4 rings (SSSR count). The molecule has 122 valence electrons. The molecule has 0 radical (unpaired) electrons. The summed E-state index contributed by atoms with van der Waals surface area (Å²) in [6, 6.07) is 10.6. The highest BCUT2D eigenvalue weighted by Crippen LogP contribution is 2.54. The minimum Gasteiger partial charge on any atom is -0.444 e. The molecule has 0 bridgehead atoms. The fourth-order valence-electron chi connectivity index (χ4n) is 4.64. The Morgan fingerprint density at radius 2 is 2.04 bits per heavy atom. The Morgan fingerprint density at radius 1 is 1.26 bits per heavy atom. The molecule has 2 heterocycles. The van der Waals surface area contributed by atoms with E-state index < -0.39 is 0 Å². The number of benzene rings is 1. The number of fused-ring (bicyclic) bond motifs is 1. The second-order valence-corrected chi connectivity index (χ2v) is 7.44. The summed E-state index contributed by atoms with van der Waals surface area (Å²) in [5.41, 5.74) is 2.22. The first-order valence-corrected chi connectivity index (χ1v) is 8.39. The third-order valence-corrected chi connectivity index (χ3v) is 5.50. The molecule has 2 aliphatic rings. The number of ether oxygens (including phenoxy) is 1. The van der Waals surface area contributed by atoms with Crippen LogP contribution in [0.2, 0.25) is 0 Å². The Kier molecular flexibility index (Phi) is 3.54. The summed E-state index contributed by atoms with van der Waals surface area (Å²) in [4.78, 5) is 7.07. The van der Waals surface area contributed by atoms with Crippen LogP contribution in [0, 0.1) is 11.3 Å². The van der Waals surface area contributed by atoms with E-state index in [2.05, 4.69) is 30.8 Å². The lowest BCUT2D eigenvalue weighted by Gasteiger charge is -2.57. The predicted octanol–water partition coefficient (Wildman–Crippen LogP) is 3.59. The van der Waals surface area contributed by atoms with E-state index in [1.807, 2.05) is 30.3 Å². The molecule has 23 heavy (non-hydrogen) atoms. The Bertz CT molecular complexity index is 680. The molecule has 4 nitrogen and oxygen atoms in total. The first kappa shape index (κ1) is 14.9. The molecule has 1 aromatic carbocycles. The highest BCUT2D eigenvalue weighted by molar-refractivity contribution is 5.52. The Hall–Kier alpha value is -1.65. The van der Waals surface area contributed by atoms with Crippen LogP contribution in [0.15, 0.2) is 41.0 Å². The zero-order valence-corrected chi connectivity index (χ0v) is 14.0. The fourth-order valence-corrected chi connectivity index (χ4v) is 4.64. The molecular formula is C19H24N2O2. The van der Waals surface area contributed by atoms with Crippen molar-refractivity contribution in [2.75, 3.05) is 13.7 Å². The number of rotatable bonds is 4. The second kappa shape index (κ2) is 5.46.